The van der Waals surface area contributed by atoms with Crippen molar-refractivity contribution in [3.8, 4) is 5.88 Å². The third-order valence-corrected chi connectivity index (χ3v) is 4.69. The van der Waals surface area contributed by atoms with Gasteiger partial charge in [0.05, 0.1) is 0 Å². The van der Waals surface area contributed by atoms with Crippen LogP contribution in [0.3, 0.4) is 0 Å². The summed E-state index contributed by atoms with van der Waals surface area (Å²) in [6.45, 7) is 3.89. The van der Waals surface area contributed by atoms with Gasteiger partial charge in [0.2, 0.25) is 5.88 Å². The van der Waals surface area contributed by atoms with Crippen molar-refractivity contribution >= 4 is 11.6 Å². The third kappa shape index (κ3) is 2.81. The Labute approximate surface area is 134 Å². The van der Waals surface area contributed by atoms with E-state index in [1.807, 2.05) is 0 Å². The number of hydrogen-bond donors (Lipinski definition) is 2. The van der Waals surface area contributed by atoms with Crippen LogP contribution in [0.25, 0.3) is 5.65 Å². The summed E-state index contributed by atoms with van der Waals surface area (Å²) in [5.41, 5.74) is 0.286. The molecule has 23 heavy (non-hydrogen) atoms. The van der Waals surface area contributed by atoms with Gasteiger partial charge in [0.15, 0.2) is 5.56 Å². The maximum atomic E-state index is 12.6. The summed E-state index contributed by atoms with van der Waals surface area (Å²) in [5.74, 6) is -0.687. The normalized spacial score (nSPS) is 21.3. The van der Waals surface area contributed by atoms with Crippen molar-refractivity contribution in [2.45, 2.75) is 45.6 Å². The molecule has 2 N–H and O–H groups in total. The van der Waals surface area contributed by atoms with Crippen molar-refractivity contribution in [2.24, 2.45) is 5.92 Å². The molecule has 2 atom stereocenters. The number of aromatic hydroxyl groups is 1. The fourth-order valence-corrected chi connectivity index (χ4v) is 3.26. The molecule has 2 heterocycles. The van der Waals surface area contributed by atoms with Gasteiger partial charge in [0.25, 0.3) is 11.5 Å². The highest BCUT2D eigenvalue weighted by Crippen LogP contribution is 2.24. The molecule has 2 aromatic rings. The summed E-state index contributed by atoms with van der Waals surface area (Å²) in [7, 11) is 0. The lowest BCUT2D eigenvalue weighted by Gasteiger charge is -2.29. The molecule has 122 valence electrons. The van der Waals surface area contributed by atoms with E-state index < -0.39 is 17.3 Å². The average molecular weight is 315 g/mol. The van der Waals surface area contributed by atoms with E-state index in [4.69, 9.17) is 0 Å². The highest BCUT2D eigenvalue weighted by molar-refractivity contribution is 5.96. The molecule has 1 saturated carbocycles. The molecule has 0 aliphatic heterocycles. The fraction of sp³-hybridized carbons (Fsp3) is 0.471. The van der Waals surface area contributed by atoms with Crippen LogP contribution >= 0.6 is 0 Å². The number of carbonyl (C=O) groups excluding carboxylic acids is 1. The molecule has 1 aliphatic carbocycles. The van der Waals surface area contributed by atoms with Crippen LogP contribution in [0.2, 0.25) is 0 Å². The first-order valence-electron chi connectivity index (χ1n) is 8.01. The minimum atomic E-state index is -0.547. The largest absolute Gasteiger partial charge is 0.493 e. The van der Waals surface area contributed by atoms with E-state index in [9.17, 15) is 14.7 Å². The molecule has 0 spiro atoms. The van der Waals surface area contributed by atoms with Crippen LogP contribution in [-0.4, -0.2) is 26.4 Å². The zero-order chi connectivity index (χ0) is 16.6. The molecule has 0 aromatic carbocycles. The van der Waals surface area contributed by atoms with E-state index in [0.29, 0.717) is 11.6 Å². The Bertz CT molecular complexity index is 813. The number of carbonyl (C=O) groups is 1. The molecule has 0 bridgehead atoms. The number of hydrogen-bond acceptors (Lipinski definition) is 4. The van der Waals surface area contributed by atoms with Gasteiger partial charge in [-0.1, -0.05) is 25.8 Å². The first-order valence-corrected chi connectivity index (χ1v) is 8.01. The van der Waals surface area contributed by atoms with Crippen LogP contribution in [0.15, 0.2) is 23.1 Å². The molecule has 2 aromatic heterocycles. The first-order chi connectivity index (χ1) is 11.0. The maximum absolute atomic E-state index is 12.6. The number of aromatic nitrogens is 2. The molecule has 6 heteroatoms. The molecule has 1 amide bonds. The van der Waals surface area contributed by atoms with Gasteiger partial charge in [0, 0.05) is 12.2 Å². The lowest BCUT2D eigenvalue weighted by molar-refractivity contribution is 0.0905. The summed E-state index contributed by atoms with van der Waals surface area (Å²) in [5, 5.41) is 13.0. The third-order valence-electron chi connectivity index (χ3n) is 4.69. The molecule has 0 saturated heterocycles. The van der Waals surface area contributed by atoms with Crippen LogP contribution in [0.1, 0.15) is 48.5 Å². The van der Waals surface area contributed by atoms with Crippen LogP contribution in [0.4, 0.5) is 0 Å². The van der Waals surface area contributed by atoms with E-state index in [2.05, 4.69) is 17.2 Å². The molecule has 0 radical (unpaired) electrons. The van der Waals surface area contributed by atoms with Gasteiger partial charge in [-0.3, -0.25) is 14.0 Å². The van der Waals surface area contributed by atoms with Crippen molar-refractivity contribution in [3.05, 3.63) is 39.8 Å². The van der Waals surface area contributed by atoms with Crippen molar-refractivity contribution < 1.29 is 9.90 Å². The van der Waals surface area contributed by atoms with E-state index in [-0.39, 0.29) is 11.6 Å². The average Bonchev–Trinajstić information content (AvgIpc) is 2.51. The minimum absolute atomic E-state index is 0.0354. The first kappa shape index (κ1) is 15.5. The van der Waals surface area contributed by atoms with E-state index in [0.717, 1.165) is 31.2 Å². The highest BCUT2D eigenvalue weighted by atomic mass is 16.3. The monoisotopic (exact) mass is 315 g/mol. The van der Waals surface area contributed by atoms with E-state index in [1.165, 1.54) is 4.40 Å². The SMILES string of the molecule is Cc1cccn2c(=O)c(C(=O)N[C@@H]3CCCC[C@@H]3C)c(O)nc12. The number of amides is 1. The second-order valence-electron chi connectivity index (χ2n) is 6.34. The van der Waals surface area contributed by atoms with Gasteiger partial charge >= 0.3 is 0 Å². The Morgan fingerprint density at radius 1 is 1.39 bits per heavy atom. The Hall–Kier alpha value is -2.37. The van der Waals surface area contributed by atoms with Crippen molar-refractivity contribution in [3.63, 3.8) is 0 Å². The Morgan fingerprint density at radius 2 is 2.13 bits per heavy atom. The standard InChI is InChI=1S/C17H21N3O3/c1-10-6-3-4-8-12(10)18-15(21)13-16(22)19-14-11(2)7-5-9-20(14)17(13)23/h5,7,9-10,12,22H,3-4,6,8H2,1-2H3,(H,18,21)/t10-,12+/m0/s1. The second-order valence-corrected chi connectivity index (χ2v) is 6.34. The Kier molecular flexibility index (Phi) is 4.07. The Morgan fingerprint density at radius 3 is 2.87 bits per heavy atom. The predicted octanol–water partition coefficient (Wildman–Crippen LogP) is 2.02. The number of fused-ring (bicyclic) bond motifs is 1. The van der Waals surface area contributed by atoms with Gasteiger partial charge in [-0.05, 0) is 37.3 Å². The van der Waals surface area contributed by atoms with Crippen molar-refractivity contribution in [1.82, 2.24) is 14.7 Å². The Balaban J connectivity index is 1.99. The molecular weight excluding hydrogens is 294 g/mol. The topological polar surface area (TPSA) is 83.7 Å². The fourth-order valence-electron chi connectivity index (χ4n) is 3.26. The summed E-state index contributed by atoms with van der Waals surface area (Å²) in [6.07, 6.45) is 5.74. The lowest BCUT2D eigenvalue weighted by atomic mass is 9.86. The molecule has 6 nitrogen and oxygen atoms in total. The van der Waals surface area contributed by atoms with Gasteiger partial charge in [0.1, 0.15) is 5.65 Å². The maximum Gasteiger partial charge on any atom is 0.274 e. The number of rotatable bonds is 2. The number of nitrogens with one attached hydrogen (secondary N) is 1. The quantitative estimate of drug-likeness (QED) is 0.888. The van der Waals surface area contributed by atoms with Crippen LogP contribution in [-0.2, 0) is 0 Å². The van der Waals surface area contributed by atoms with Crippen molar-refractivity contribution in [1.29, 1.82) is 0 Å². The van der Waals surface area contributed by atoms with Gasteiger partial charge in [-0.25, -0.2) is 0 Å². The smallest absolute Gasteiger partial charge is 0.274 e. The summed E-state index contributed by atoms with van der Waals surface area (Å²) < 4.78 is 1.30. The molecule has 1 fully saturated rings. The molecule has 3 rings (SSSR count). The zero-order valence-corrected chi connectivity index (χ0v) is 13.4. The summed E-state index contributed by atoms with van der Waals surface area (Å²) in [4.78, 5) is 29.1. The van der Waals surface area contributed by atoms with E-state index >= 15 is 0 Å². The van der Waals surface area contributed by atoms with Crippen LogP contribution in [0.5, 0.6) is 5.88 Å². The lowest BCUT2D eigenvalue weighted by Crippen LogP contribution is -2.43. The molecule has 0 unspecified atom stereocenters. The van der Waals surface area contributed by atoms with Crippen LogP contribution < -0.4 is 10.9 Å². The zero-order valence-electron chi connectivity index (χ0n) is 13.4. The number of nitrogens with zero attached hydrogens (tertiary/aromatic N) is 2. The van der Waals surface area contributed by atoms with Gasteiger partial charge < -0.3 is 10.4 Å². The minimum Gasteiger partial charge on any atom is -0.493 e. The second kappa shape index (κ2) is 6.02. The number of aryl methyl sites for hydroxylation is 1. The molecule has 1 aliphatic rings. The van der Waals surface area contributed by atoms with Gasteiger partial charge in [-0.2, -0.15) is 4.98 Å². The van der Waals surface area contributed by atoms with Gasteiger partial charge in [-0.15, -0.1) is 0 Å². The predicted molar refractivity (Wildman–Crippen MR) is 86.8 cm³/mol. The van der Waals surface area contributed by atoms with Crippen molar-refractivity contribution in [2.75, 3.05) is 0 Å². The summed E-state index contributed by atoms with van der Waals surface area (Å²) >= 11 is 0. The number of pyridine rings is 1. The highest BCUT2D eigenvalue weighted by Gasteiger charge is 2.27. The molecular formula is C17H21N3O3. The van der Waals surface area contributed by atoms with E-state index in [1.54, 1.807) is 25.3 Å². The van der Waals surface area contributed by atoms with Crippen LogP contribution in [0, 0.1) is 12.8 Å². The summed E-state index contributed by atoms with van der Waals surface area (Å²) in [6, 6.07) is 3.55.